The highest BCUT2D eigenvalue weighted by atomic mass is 35.5. The Kier molecular flexibility index (Phi) is 2.60. The van der Waals surface area contributed by atoms with Crippen molar-refractivity contribution < 1.29 is 9.21 Å². The SMILES string of the molecule is [CH]C(=O)c1ccc(-c2ccc(Cl)cc2)o1. The van der Waals surface area contributed by atoms with Gasteiger partial charge in [0.1, 0.15) is 5.76 Å². The van der Waals surface area contributed by atoms with E-state index in [0.29, 0.717) is 10.8 Å². The molecule has 2 nitrogen and oxygen atoms in total. The molecule has 0 unspecified atom stereocenters. The van der Waals surface area contributed by atoms with E-state index in [9.17, 15) is 4.79 Å². The minimum Gasteiger partial charge on any atom is -0.453 e. The van der Waals surface area contributed by atoms with Crippen LogP contribution >= 0.6 is 11.6 Å². The standard InChI is InChI=1S/C12H7ClO2/c1-8(14)11-6-7-12(15-11)9-2-4-10(13)5-3-9/h1-7H. The minimum absolute atomic E-state index is 0.153. The molecule has 0 N–H and O–H groups in total. The molecule has 74 valence electrons. The predicted molar refractivity (Wildman–Crippen MR) is 57.8 cm³/mol. The second-order valence-electron chi connectivity index (χ2n) is 3.04. The van der Waals surface area contributed by atoms with Crippen LogP contribution in [0.2, 0.25) is 5.02 Å². The molecule has 15 heavy (non-hydrogen) atoms. The lowest BCUT2D eigenvalue weighted by Gasteiger charge is -1.96. The Balaban J connectivity index is 2.37. The average molecular weight is 219 g/mol. The lowest BCUT2D eigenvalue weighted by Crippen LogP contribution is -1.86. The fourth-order valence-electron chi connectivity index (χ4n) is 1.24. The average Bonchev–Trinajstić information content (AvgIpc) is 2.68. The van der Waals surface area contributed by atoms with E-state index in [4.69, 9.17) is 22.9 Å². The van der Waals surface area contributed by atoms with E-state index >= 15 is 0 Å². The van der Waals surface area contributed by atoms with Gasteiger partial charge in [-0.2, -0.15) is 0 Å². The molecule has 0 spiro atoms. The molecule has 0 saturated heterocycles. The summed E-state index contributed by atoms with van der Waals surface area (Å²) < 4.78 is 5.25. The second kappa shape index (κ2) is 3.91. The molecule has 0 bridgehead atoms. The first-order chi connectivity index (χ1) is 7.16. The zero-order valence-electron chi connectivity index (χ0n) is 7.74. The van der Waals surface area contributed by atoms with Gasteiger partial charge in [-0.3, -0.25) is 4.79 Å². The van der Waals surface area contributed by atoms with Gasteiger partial charge in [-0.15, -0.1) is 0 Å². The van der Waals surface area contributed by atoms with E-state index < -0.39 is 5.78 Å². The molecule has 1 heterocycles. The number of hydrogen-bond donors (Lipinski definition) is 0. The van der Waals surface area contributed by atoms with Gasteiger partial charge in [0.25, 0.3) is 0 Å². The summed E-state index contributed by atoms with van der Waals surface area (Å²) in [5.74, 6) is 0.177. The number of Topliss-reactive ketones (excluding diaryl/α,β-unsaturated/α-hetero) is 1. The van der Waals surface area contributed by atoms with Crippen LogP contribution in [0.5, 0.6) is 0 Å². The molecule has 1 aromatic carbocycles. The molecule has 0 aliphatic carbocycles. The van der Waals surface area contributed by atoms with Crippen molar-refractivity contribution in [2.45, 2.75) is 0 Å². The van der Waals surface area contributed by atoms with Gasteiger partial charge in [-0.25, -0.2) is 0 Å². The monoisotopic (exact) mass is 218 g/mol. The lowest BCUT2D eigenvalue weighted by molar-refractivity contribution is 0.102. The smallest absolute Gasteiger partial charge is 0.202 e. The molecular weight excluding hydrogens is 212 g/mol. The molecule has 2 radical (unpaired) electrons. The number of benzene rings is 1. The largest absolute Gasteiger partial charge is 0.453 e. The second-order valence-corrected chi connectivity index (χ2v) is 3.47. The number of carbonyl (C=O) groups excluding carboxylic acids is 1. The number of halogens is 1. The molecule has 3 heteroatoms. The molecule has 0 atom stereocenters. The number of carbonyl (C=O) groups is 1. The van der Waals surface area contributed by atoms with E-state index in [1.165, 1.54) is 0 Å². The summed E-state index contributed by atoms with van der Waals surface area (Å²) in [7, 11) is 0. The normalized spacial score (nSPS) is 10.3. The van der Waals surface area contributed by atoms with Crippen LogP contribution in [0.15, 0.2) is 40.8 Å². The number of ketones is 1. The molecule has 2 aromatic rings. The maximum Gasteiger partial charge on any atom is 0.202 e. The predicted octanol–water partition coefficient (Wildman–Crippen LogP) is 3.49. The zero-order valence-corrected chi connectivity index (χ0v) is 8.49. The molecular formula is C12H7ClO2. The van der Waals surface area contributed by atoms with Crippen LogP contribution in [0.1, 0.15) is 10.6 Å². The van der Waals surface area contributed by atoms with Crippen molar-refractivity contribution in [3.63, 3.8) is 0 Å². The van der Waals surface area contributed by atoms with Crippen LogP contribution in [0.3, 0.4) is 0 Å². The summed E-state index contributed by atoms with van der Waals surface area (Å²) in [6.45, 7) is 5.08. The topological polar surface area (TPSA) is 30.2 Å². The van der Waals surface area contributed by atoms with Gasteiger partial charge in [-0.05, 0) is 36.4 Å². The molecule has 0 amide bonds. The van der Waals surface area contributed by atoms with Crippen molar-refractivity contribution in [3.8, 4) is 11.3 Å². The fraction of sp³-hybridized carbons (Fsp3) is 0. The summed E-state index contributed by atoms with van der Waals surface area (Å²) >= 11 is 5.75. The van der Waals surface area contributed by atoms with Crippen molar-refractivity contribution in [1.82, 2.24) is 0 Å². The van der Waals surface area contributed by atoms with Gasteiger partial charge >= 0.3 is 0 Å². The van der Waals surface area contributed by atoms with Crippen molar-refractivity contribution >= 4 is 17.4 Å². The zero-order chi connectivity index (χ0) is 10.8. The Bertz CT molecular complexity index is 483. The van der Waals surface area contributed by atoms with Crippen LogP contribution in [0.4, 0.5) is 0 Å². The quantitative estimate of drug-likeness (QED) is 0.723. The van der Waals surface area contributed by atoms with E-state index in [1.807, 2.05) is 12.1 Å². The third-order valence-electron chi connectivity index (χ3n) is 1.98. The van der Waals surface area contributed by atoms with Gasteiger partial charge in [0.15, 0.2) is 5.76 Å². The third kappa shape index (κ3) is 2.10. The highest BCUT2D eigenvalue weighted by Gasteiger charge is 2.07. The Morgan fingerprint density at radius 2 is 1.80 bits per heavy atom. The Hall–Kier alpha value is -1.54. The van der Waals surface area contributed by atoms with Gasteiger partial charge in [-0.1, -0.05) is 11.6 Å². The molecule has 0 fully saturated rings. The van der Waals surface area contributed by atoms with E-state index in [2.05, 4.69) is 0 Å². The minimum atomic E-state index is -0.574. The van der Waals surface area contributed by atoms with Crippen LogP contribution < -0.4 is 0 Å². The Morgan fingerprint density at radius 1 is 1.13 bits per heavy atom. The van der Waals surface area contributed by atoms with Gasteiger partial charge in [0.05, 0.1) is 0 Å². The lowest BCUT2D eigenvalue weighted by atomic mass is 10.2. The number of hydrogen-bond acceptors (Lipinski definition) is 2. The van der Waals surface area contributed by atoms with E-state index in [-0.39, 0.29) is 5.76 Å². The summed E-state index contributed by atoms with van der Waals surface area (Å²) in [5.41, 5.74) is 0.854. The highest BCUT2D eigenvalue weighted by Crippen LogP contribution is 2.23. The van der Waals surface area contributed by atoms with Crippen LogP contribution in [0.25, 0.3) is 11.3 Å². The first-order valence-corrected chi connectivity index (χ1v) is 4.70. The van der Waals surface area contributed by atoms with Crippen molar-refractivity contribution in [2.75, 3.05) is 0 Å². The van der Waals surface area contributed by atoms with Crippen LogP contribution in [-0.2, 0) is 0 Å². The van der Waals surface area contributed by atoms with Crippen molar-refractivity contribution in [2.24, 2.45) is 0 Å². The summed E-state index contributed by atoms with van der Waals surface area (Å²) in [4.78, 5) is 10.8. The van der Waals surface area contributed by atoms with Gasteiger partial charge < -0.3 is 4.42 Å². The Morgan fingerprint density at radius 3 is 2.33 bits per heavy atom. The molecule has 0 aliphatic heterocycles. The molecule has 1 aromatic heterocycles. The van der Waals surface area contributed by atoms with Gasteiger partial charge in [0.2, 0.25) is 5.78 Å². The fourth-order valence-corrected chi connectivity index (χ4v) is 1.37. The summed E-state index contributed by atoms with van der Waals surface area (Å²) in [6.07, 6.45) is 0. The number of furan rings is 1. The number of rotatable bonds is 2. The third-order valence-corrected chi connectivity index (χ3v) is 2.23. The first kappa shape index (κ1) is 9.99. The highest BCUT2D eigenvalue weighted by molar-refractivity contribution is 6.30. The maximum absolute atomic E-state index is 10.8. The van der Waals surface area contributed by atoms with Crippen LogP contribution in [-0.4, -0.2) is 5.78 Å². The Labute approximate surface area is 92.5 Å². The van der Waals surface area contributed by atoms with Crippen molar-refractivity contribution in [3.05, 3.63) is 54.1 Å². The van der Waals surface area contributed by atoms with Crippen LogP contribution in [0, 0.1) is 6.92 Å². The van der Waals surface area contributed by atoms with E-state index in [1.54, 1.807) is 24.3 Å². The van der Waals surface area contributed by atoms with Gasteiger partial charge in [0, 0.05) is 17.5 Å². The first-order valence-electron chi connectivity index (χ1n) is 4.32. The summed E-state index contributed by atoms with van der Waals surface area (Å²) in [6, 6.07) is 10.4. The molecule has 0 saturated carbocycles. The molecule has 0 aliphatic rings. The molecule has 2 rings (SSSR count). The maximum atomic E-state index is 10.8. The summed E-state index contributed by atoms with van der Waals surface area (Å²) in [5, 5.41) is 0.653. The van der Waals surface area contributed by atoms with Crippen molar-refractivity contribution in [1.29, 1.82) is 0 Å². The van der Waals surface area contributed by atoms with E-state index in [0.717, 1.165) is 5.56 Å².